The summed E-state index contributed by atoms with van der Waals surface area (Å²) < 4.78 is 2.08. The molecule has 0 saturated heterocycles. The van der Waals surface area contributed by atoms with Gasteiger partial charge in [-0.25, -0.2) is 0 Å². The lowest BCUT2D eigenvalue weighted by atomic mass is 10.1. The van der Waals surface area contributed by atoms with Crippen LogP contribution in [0.4, 0.5) is 0 Å². The first-order valence-electron chi connectivity index (χ1n) is 7.07. The second-order valence-electron chi connectivity index (χ2n) is 4.96. The average Bonchev–Trinajstić information content (AvgIpc) is 2.85. The third kappa shape index (κ3) is 3.64. The standard InChI is InChI=1S/C16H23N3S/c1-5-19-15(10-12(2)18-19)11-20-16-8-6-14(7-9-16)13(3)17-4/h6-10,13,17H,5,11H2,1-4H3. The molecule has 2 rings (SSSR count). The first-order valence-corrected chi connectivity index (χ1v) is 8.06. The predicted molar refractivity (Wildman–Crippen MR) is 86.1 cm³/mol. The molecule has 0 aliphatic rings. The first kappa shape index (κ1) is 15.1. The van der Waals surface area contributed by atoms with Gasteiger partial charge in [0.2, 0.25) is 0 Å². The van der Waals surface area contributed by atoms with Crippen molar-refractivity contribution in [3.05, 3.63) is 47.3 Å². The van der Waals surface area contributed by atoms with E-state index in [-0.39, 0.29) is 0 Å². The van der Waals surface area contributed by atoms with Crippen molar-refractivity contribution >= 4 is 11.8 Å². The number of aryl methyl sites for hydroxylation is 2. The smallest absolute Gasteiger partial charge is 0.0596 e. The largest absolute Gasteiger partial charge is 0.313 e. The Morgan fingerprint density at radius 1 is 1.30 bits per heavy atom. The zero-order valence-electron chi connectivity index (χ0n) is 12.7. The summed E-state index contributed by atoms with van der Waals surface area (Å²) in [4.78, 5) is 1.30. The molecular weight excluding hydrogens is 266 g/mol. The summed E-state index contributed by atoms with van der Waals surface area (Å²) in [5, 5.41) is 7.74. The third-order valence-electron chi connectivity index (χ3n) is 3.48. The van der Waals surface area contributed by atoms with E-state index >= 15 is 0 Å². The highest BCUT2D eigenvalue weighted by Crippen LogP contribution is 2.24. The van der Waals surface area contributed by atoms with Crippen molar-refractivity contribution in [3.63, 3.8) is 0 Å². The van der Waals surface area contributed by atoms with E-state index in [0.29, 0.717) is 6.04 Å². The molecule has 0 amide bonds. The number of hydrogen-bond acceptors (Lipinski definition) is 3. The molecule has 0 bridgehead atoms. The summed E-state index contributed by atoms with van der Waals surface area (Å²) in [6, 6.07) is 11.4. The van der Waals surface area contributed by atoms with Gasteiger partial charge in [-0.3, -0.25) is 4.68 Å². The van der Waals surface area contributed by atoms with Crippen LogP contribution in [-0.2, 0) is 12.3 Å². The van der Waals surface area contributed by atoms with Crippen molar-refractivity contribution in [2.75, 3.05) is 7.05 Å². The Kier molecular flexibility index (Phi) is 5.26. The van der Waals surface area contributed by atoms with E-state index in [0.717, 1.165) is 18.0 Å². The SMILES string of the molecule is CCn1nc(C)cc1CSc1ccc(C(C)NC)cc1. The number of aromatic nitrogens is 2. The molecule has 1 aromatic carbocycles. The molecule has 0 aliphatic heterocycles. The van der Waals surface area contributed by atoms with Crippen molar-refractivity contribution in [2.45, 2.75) is 44.0 Å². The fraction of sp³-hybridized carbons (Fsp3) is 0.438. The van der Waals surface area contributed by atoms with Crippen LogP contribution >= 0.6 is 11.8 Å². The Bertz CT molecular complexity index is 545. The fourth-order valence-corrected chi connectivity index (χ4v) is 3.04. The van der Waals surface area contributed by atoms with Gasteiger partial charge in [-0.15, -0.1) is 11.8 Å². The Hall–Kier alpha value is -1.26. The van der Waals surface area contributed by atoms with E-state index in [4.69, 9.17) is 0 Å². The Labute approximate surface area is 125 Å². The van der Waals surface area contributed by atoms with Crippen LogP contribution in [0.5, 0.6) is 0 Å². The van der Waals surface area contributed by atoms with Crippen LogP contribution < -0.4 is 5.32 Å². The lowest BCUT2D eigenvalue weighted by Crippen LogP contribution is -2.11. The normalized spacial score (nSPS) is 12.6. The minimum Gasteiger partial charge on any atom is -0.313 e. The fourth-order valence-electron chi connectivity index (χ4n) is 2.17. The summed E-state index contributed by atoms with van der Waals surface area (Å²) >= 11 is 1.86. The van der Waals surface area contributed by atoms with Crippen molar-refractivity contribution in [3.8, 4) is 0 Å². The summed E-state index contributed by atoms with van der Waals surface area (Å²) in [6.07, 6.45) is 0. The van der Waals surface area contributed by atoms with Gasteiger partial charge in [0.15, 0.2) is 0 Å². The number of thioether (sulfide) groups is 1. The number of nitrogens with zero attached hydrogens (tertiary/aromatic N) is 2. The summed E-state index contributed by atoms with van der Waals surface area (Å²) in [5.74, 6) is 0.968. The molecule has 0 spiro atoms. The van der Waals surface area contributed by atoms with Gasteiger partial charge in [0.1, 0.15) is 0 Å². The van der Waals surface area contributed by atoms with Crippen LogP contribution in [0.25, 0.3) is 0 Å². The summed E-state index contributed by atoms with van der Waals surface area (Å²) in [7, 11) is 1.99. The van der Waals surface area contributed by atoms with E-state index in [1.807, 2.05) is 25.7 Å². The van der Waals surface area contributed by atoms with Gasteiger partial charge in [0.05, 0.1) is 5.69 Å². The van der Waals surface area contributed by atoms with Gasteiger partial charge < -0.3 is 5.32 Å². The minimum atomic E-state index is 0.401. The van der Waals surface area contributed by atoms with Crippen LogP contribution in [0.3, 0.4) is 0 Å². The molecule has 0 fully saturated rings. The van der Waals surface area contributed by atoms with E-state index in [2.05, 4.69) is 59.3 Å². The molecular formula is C16H23N3S. The molecule has 2 aromatic rings. The Morgan fingerprint density at radius 3 is 2.60 bits per heavy atom. The number of rotatable bonds is 6. The molecule has 4 heteroatoms. The maximum atomic E-state index is 4.48. The van der Waals surface area contributed by atoms with Crippen molar-refractivity contribution in [2.24, 2.45) is 0 Å². The predicted octanol–water partition coefficient (Wildman–Crippen LogP) is 3.78. The zero-order valence-corrected chi connectivity index (χ0v) is 13.5. The number of hydrogen-bond donors (Lipinski definition) is 1. The summed E-state index contributed by atoms with van der Waals surface area (Å²) in [6.45, 7) is 7.29. The molecule has 1 unspecified atom stereocenters. The Morgan fingerprint density at radius 2 is 2.00 bits per heavy atom. The van der Waals surface area contributed by atoms with Crippen molar-refractivity contribution in [1.29, 1.82) is 0 Å². The second kappa shape index (κ2) is 6.95. The molecule has 1 heterocycles. The molecule has 108 valence electrons. The zero-order chi connectivity index (χ0) is 14.5. The van der Waals surface area contributed by atoms with Crippen LogP contribution in [-0.4, -0.2) is 16.8 Å². The monoisotopic (exact) mass is 289 g/mol. The average molecular weight is 289 g/mol. The van der Waals surface area contributed by atoms with Crippen LogP contribution in [0, 0.1) is 6.92 Å². The molecule has 20 heavy (non-hydrogen) atoms. The van der Waals surface area contributed by atoms with Gasteiger partial charge >= 0.3 is 0 Å². The molecule has 1 aromatic heterocycles. The maximum Gasteiger partial charge on any atom is 0.0596 e. The summed E-state index contributed by atoms with van der Waals surface area (Å²) in [5.41, 5.74) is 3.72. The molecule has 0 aliphatic carbocycles. The van der Waals surface area contributed by atoms with E-state index in [1.54, 1.807) is 0 Å². The van der Waals surface area contributed by atoms with E-state index < -0.39 is 0 Å². The van der Waals surface area contributed by atoms with Crippen LogP contribution in [0.15, 0.2) is 35.2 Å². The topological polar surface area (TPSA) is 29.9 Å². The minimum absolute atomic E-state index is 0.401. The lowest BCUT2D eigenvalue weighted by molar-refractivity contribution is 0.632. The van der Waals surface area contributed by atoms with Crippen molar-refractivity contribution in [1.82, 2.24) is 15.1 Å². The number of nitrogens with one attached hydrogen (secondary N) is 1. The van der Waals surface area contributed by atoms with Gasteiger partial charge in [-0.1, -0.05) is 12.1 Å². The molecule has 0 radical (unpaired) electrons. The maximum absolute atomic E-state index is 4.48. The highest BCUT2D eigenvalue weighted by Gasteiger charge is 2.06. The molecule has 3 nitrogen and oxygen atoms in total. The highest BCUT2D eigenvalue weighted by molar-refractivity contribution is 7.98. The van der Waals surface area contributed by atoms with Crippen molar-refractivity contribution < 1.29 is 0 Å². The molecule has 1 atom stereocenters. The van der Waals surface area contributed by atoms with Crippen LogP contribution in [0.2, 0.25) is 0 Å². The number of benzene rings is 1. The van der Waals surface area contributed by atoms with Gasteiger partial charge in [0.25, 0.3) is 0 Å². The van der Waals surface area contributed by atoms with Gasteiger partial charge in [-0.2, -0.15) is 5.10 Å². The quantitative estimate of drug-likeness (QED) is 0.821. The Balaban J connectivity index is 2.00. The van der Waals surface area contributed by atoms with Gasteiger partial charge in [-0.05, 0) is 51.6 Å². The first-order chi connectivity index (χ1) is 9.63. The van der Waals surface area contributed by atoms with Gasteiger partial charge in [0, 0.05) is 28.9 Å². The van der Waals surface area contributed by atoms with Crippen LogP contribution in [0.1, 0.15) is 36.8 Å². The molecule has 0 saturated carbocycles. The second-order valence-corrected chi connectivity index (χ2v) is 6.01. The van der Waals surface area contributed by atoms with E-state index in [1.165, 1.54) is 16.2 Å². The van der Waals surface area contributed by atoms with E-state index in [9.17, 15) is 0 Å². The highest BCUT2D eigenvalue weighted by atomic mass is 32.2. The third-order valence-corrected chi connectivity index (χ3v) is 4.53. The molecule has 1 N–H and O–H groups in total. The lowest BCUT2D eigenvalue weighted by Gasteiger charge is -2.11.